The molecule has 0 aliphatic heterocycles. The summed E-state index contributed by atoms with van der Waals surface area (Å²) in [6.45, 7) is 1.50. The molecule has 0 saturated heterocycles. The average molecular weight is 615 g/mol. The molecule has 3 heterocycles. The van der Waals surface area contributed by atoms with Crippen molar-refractivity contribution in [3.8, 4) is 11.4 Å². The number of rotatable bonds is 10. The number of hydrogen-bond acceptors (Lipinski definition) is 6. The summed E-state index contributed by atoms with van der Waals surface area (Å²) < 4.78 is 76.1. The van der Waals surface area contributed by atoms with Crippen molar-refractivity contribution in [2.24, 2.45) is 7.05 Å². The number of alkyl halides is 4. The van der Waals surface area contributed by atoms with Crippen LogP contribution in [0.15, 0.2) is 47.1 Å². The van der Waals surface area contributed by atoms with Crippen molar-refractivity contribution in [2.45, 2.75) is 38.7 Å². The topological polar surface area (TPSA) is 101 Å². The quantitative estimate of drug-likeness (QED) is 0.118. The Morgan fingerprint density at radius 1 is 1.10 bits per heavy atom. The number of nitrogens with zero attached hydrogens (tertiary/aromatic N) is 6. The second-order valence-corrected chi connectivity index (χ2v) is 9.41. The standard InChI is InChI=1S/C24H20BrF5N6O3/c1-12(39-21-5-13(25)11-31-24(21)36(37)38)18-6-14(26)3-4-20(18)35-17(10-19(33-35)23(29)30)9-16-7-15(8-22(27)28)32-34(16)2/h3-7,10-12,22-23H,8-9H2,1-2H3. The molecule has 39 heavy (non-hydrogen) atoms. The van der Waals surface area contributed by atoms with Crippen LogP contribution in [0.1, 0.15) is 47.8 Å². The van der Waals surface area contributed by atoms with Crippen LogP contribution in [0.5, 0.6) is 5.75 Å². The largest absolute Gasteiger partial charge is 0.478 e. The minimum Gasteiger partial charge on any atom is -0.478 e. The third-order valence-corrected chi connectivity index (χ3v) is 6.14. The van der Waals surface area contributed by atoms with Gasteiger partial charge in [0.05, 0.1) is 28.0 Å². The van der Waals surface area contributed by atoms with Crippen LogP contribution in [-0.2, 0) is 19.9 Å². The highest BCUT2D eigenvalue weighted by molar-refractivity contribution is 9.10. The van der Waals surface area contributed by atoms with Gasteiger partial charge in [-0.15, -0.1) is 0 Å². The predicted octanol–water partition coefficient (Wildman–Crippen LogP) is 6.29. The minimum absolute atomic E-state index is 0.0143. The molecule has 15 heteroatoms. The van der Waals surface area contributed by atoms with Crippen molar-refractivity contribution in [1.29, 1.82) is 0 Å². The fourth-order valence-electron chi connectivity index (χ4n) is 4.00. The maximum Gasteiger partial charge on any atom is 0.406 e. The molecule has 0 saturated carbocycles. The first-order valence-corrected chi connectivity index (χ1v) is 12.2. The third-order valence-electron chi connectivity index (χ3n) is 5.71. The molecule has 0 N–H and O–H groups in total. The monoisotopic (exact) mass is 614 g/mol. The first-order chi connectivity index (χ1) is 18.4. The molecule has 1 aromatic carbocycles. The van der Waals surface area contributed by atoms with Crippen LogP contribution in [0.25, 0.3) is 5.69 Å². The number of aryl methyl sites for hydroxylation is 1. The van der Waals surface area contributed by atoms with Gasteiger partial charge >= 0.3 is 5.82 Å². The van der Waals surface area contributed by atoms with E-state index in [0.717, 1.165) is 18.2 Å². The van der Waals surface area contributed by atoms with Crippen LogP contribution in [-0.4, -0.2) is 35.9 Å². The lowest BCUT2D eigenvalue weighted by molar-refractivity contribution is -0.390. The predicted molar refractivity (Wildman–Crippen MR) is 132 cm³/mol. The number of nitro groups is 1. The van der Waals surface area contributed by atoms with Crippen LogP contribution in [0, 0.1) is 15.9 Å². The first kappa shape index (κ1) is 28.1. The van der Waals surface area contributed by atoms with Gasteiger partial charge in [0.2, 0.25) is 12.2 Å². The van der Waals surface area contributed by atoms with Crippen molar-refractivity contribution in [1.82, 2.24) is 24.5 Å². The Bertz CT molecular complexity index is 1510. The van der Waals surface area contributed by atoms with Gasteiger partial charge in [-0.2, -0.15) is 10.2 Å². The van der Waals surface area contributed by atoms with Crippen molar-refractivity contribution >= 4 is 21.7 Å². The summed E-state index contributed by atoms with van der Waals surface area (Å²) in [5.74, 6) is -1.44. The maximum atomic E-state index is 14.4. The summed E-state index contributed by atoms with van der Waals surface area (Å²) in [6, 6.07) is 7.46. The number of aromatic nitrogens is 5. The summed E-state index contributed by atoms with van der Waals surface area (Å²) in [6.07, 6.45) is -5.92. The second kappa shape index (κ2) is 11.5. The van der Waals surface area contributed by atoms with Gasteiger partial charge in [0.15, 0.2) is 6.20 Å². The Hall–Kier alpha value is -3.88. The summed E-state index contributed by atoms with van der Waals surface area (Å²) in [4.78, 5) is 14.4. The van der Waals surface area contributed by atoms with Gasteiger partial charge in [-0.1, -0.05) is 0 Å². The van der Waals surface area contributed by atoms with Gasteiger partial charge in [-0.3, -0.25) is 4.68 Å². The zero-order valence-corrected chi connectivity index (χ0v) is 21.9. The maximum absolute atomic E-state index is 14.4. The average Bonchev–Trinajstić information content (AvgIpc) is 3.41. The van der Waals surface area contributed by atoms with Crippen molar-refractivity contribution < 1.29 is 31.6 Å². The lowest BCUT2D eigenvalue weighted by atomic mass is 10.1. The highest BCUT2D eigenvalue weighted by Gasteiger charge is 2.25. The number of pyridine rings is 1. The Kier molecular flexibility index (Phi) is 8.28. The molecule has 0 amide bonds. The van der Waals surface area contributed by atoms with Crippen LogP contribution in [0.4, 0.5) is 27.8 Å². The summed E-state index contributed by atoms with van der Waals surface area (Å²) >= 11 is 3.17. The fourth-order valence-corrected chi connectivity index (χ4v) is 4.31. The molecule has 1 unspecified atom stereocenters. The molecule has 1 atom stereocenters. The summed E-state index contributed by atoms with van der Waals surface area (Å²) in [7, 11) is 1.54. The molecule has 0 radical (unpaired) electrons. The highest BCUT2D eigenvalue weighted by atomic mass is 79.9. The zero-order valence-electron chi connectivity index (χ0n) is 20.4. The molecular weight excluding hydrogens is 595 g/mol. The molecule has 0 fully saturated rings. The Morgan fingerprint density at radius 2 is 1.85 bits per heavy atom. The second-order valence-electron chi connectivity index (χ2n) is 8.49. The molecule has 9 nitrogen and oxygen atoms in total. The van der Waals surface area contributed by atoms with Gasteiger partial charge in [0.1, 0.15) is 17.6 Å². The molecule has 0 aliphatic carbocycles. The smallest absolute Gasteiger partial charge is 0.406 e. The van der Waals surface area contributed by atoms with Crippen molar-refractivity contribution in [3.63, 3.8) is 0 Å². The van der Waals surface area contributed by atoms with Gasteiger partial charge in [0.25, 0.3) is 6.43 Å². The number of halogens is 6. The van der Waals surface area contributed by atoms with Crippen LogP contribution in [0.2, 0.25) is 0 Å². The number of hydrogen-bond donors (Lipinski definition) is 0. The van der Waals surface area contributed by atoms with E-state index in [2.05, 4.69) is 31.1 Å². The van der Waals surface area contributed by atoms with Crippen molar-refractivity contribution in [3.05, 3.63) is 91.3 Å². The van der Waals surface area contributed by atoms with Crippen LogP contribution in [0.3, 0.4) is 0 Å². The SMILES string of the molecule is CC(Oc1cc(Br)cnc1[N+](=O)[O-])c1cc(F)ccc1-n1nc(C(F)F)cc1Cc1cc(CC(F)F)nn1C. The molecule has 4 rings (SSSR count). The van der Waals surface area contributed by atoms with E-state index in [1.54, 1.807) is 0 Å². The van der Waals surface area contributed by atoms with Gasteiger partial charge in [0, 0.05) is 30.8 Å². The van der Waals surface area contributed by atoms with E-state index < -0.39 is 47.6 Å². The van der Waals surface area contributed by atoms with E-state index in [1.807, 2.05) is 0 Å². The van der Waals surface area contributed by atoms with Crippen LogP contribution >= 0.6 is 15.9 Å². The summed E-state index contributed by atoms with van der Waals surface area (Å²) in [5, 5.41) is 19.5. The molecule has 4 aromatic rings. The Morgan fingerprint density at radius 3 is 2.51 bits per heavy atom. The van der Waals surface area contributed by atoms with E-state index in [-0.39, 0.29) is 34.8 Å². The molecule has 0 aliphatic rings. The third kappa shape index (κ3) is 6.41. The lowest BCUT2D eigenvalue weighted by Crippen LogP contribution is -2.13. The number of ether oxygens (including phenoxy) is 1. The van der Waals surface area contributed by atoms with E-state index in [9.17, 15) is 32.1 Å². The first-order valence-electron chi connectivity index (χ1n) is 11.4. The Labute approximate surface area is 226 Å². The molecule has 0 bridgehead atoms. The van der Waals surface area contributed by atoms with Crippen molar-refractivity contribution in [2.75, 3.05) is 0 Å². The summed E-state index contributed by atoms with van der Waals surface area (Å²) in [5.41, 5.74) is 0.597. The van der Waals surface area contributed by atoms with E-state index in [0.29, 0.717) is 10.2 Å². The highest BCUT2D eigenvalue weighted by Crippen LogP contribution is 2.34. The zero-order chi connectivity index (χ0) is 28.4. The minimum atomic E-state index is -2.93. The fraction of sp³-hybridized carbons (Fsp3) is 0.292. The Balaban J connectivity index is 1.77. The number of benzene rings is 1. The van der Waals surface area contributed by atoms with Gasteiger partial charge in [-0.05, 0) is 63.1 Å². The molecule has 206 valence electrons. The molecule has 0 spiro atoms. The van der Waals surface area contributed by atoms with Gasteiger partial charge < -0.3 is 14.9 Å². The molecule has 3 aromatic heterocycles. The lowest BCUT2D eigenvalue weighted by Gasteiger charge is -2.19. The van der Waals surface area contributed by atoms with E-state index in [1.165, 1.54) is 47.7 Å². The van der Waals surface area contributed by atoms with E-state index in [4.69, 9.17) is 4.74 Å². The normalized spacial score (nSPS) is 12.4. The van der Waals surface area contributed by atoms with Gasteiger partial charge in [-0.25, -0.2) is 26.6 Å². The van der Waals surface area contributed by atoms with E-state index >= 15 is 0 Å². The van der Waals surface area contributed by atoms with Crippen LogP contribution < -0.4 is 4.74 Å². The molecular formula is C24H20BrF5N6O3.